The lowest BCUT2D eigenvalue weighted by atomic mass is 9.93. The van der Waals surface area contributed by atoms with Gasteiger partial charge in [-0.05, 0) is 30.3 Å². The first-order valence-electron chi connectivity index (χ1n) is 10.5. The zero-order valence-electron chi connectivity index (χ0n) is 17.5. The van der Waals surface area contributed by atoms with Crippen molar-refractivity contribution in [1.82, 2.24) is 14.8 Å². The summed E-state index contributed by atoms with van der Waals surface area (Å²) in [6.45, 7) is 6.64. The molecule has 2 atom stereocenters. The minimum absolute atomic E-state index is 0.258. The molecule has 0 saturated carbocycles. The van der Waals surface area contributed by atoms with Gasteiger partial charge in [0.05, 0.1) is 13.2 Å². The molecule has 30 heavy (non-hydrogen) atoms. The summed E-state index contributed by atoms with van der Waals surface area (Å²) in [6.07, 6.45) is 0.543. The second-order valence-electron chi connectivity index (χ2n) is 7.75. The lowest BCUT2D eigenvalue weighted by Crippen LogP contribution is -2.51. The second-order valence-corrected chi connectivity index (χ2v) is 7.75. The number of fused-ring (bicyclic) bond motifs is 1. The predicted molar refractivity (Wildman–Crippen MR) is 118 cm³/mol. The maximum Gasteiger partial charge on any atom is 0.195 e. The van der Waals surface area contributed by atoms with Crippen LogP contribution in [0.1, 0.15) is 28.9 Å². The molecule has 2 heterocycles. The number of rotatable bonds is 7. The van der Waals surface area contributed by atoms with E-state index in [-0.39, 0.29) is 5.78 Å². The average molecular weight is 408 g/mol. The van der Waals surface area contributed by atoms with Crippen molar-refractivity contribution < 1.29 is 14.6 Å². The third kappa shape index (κ3) is 3.99. The molecule has 6 nitrogen and oxygen atoms in total. The smallest absolute Gasteiger partial charge is 0.195 e. The van der Waals surface area contributed by atoms with Gasteiger partial charge in [-0.15, -0.1) is 0 Å². The van der Waals surface area contributed by atoms with Crippen molar-refractivity contribution in [2.75, 3.05) is 39.8 Å². The number of nitrogens with one attached hydrogen (secondary N) is 1. The van der Waals surface area contributed by atoms with Crippen molar-refractivity contribution in [3.63, 3.8) is 0 Å². The Balaban J connectivity index is 1.66. The normalized spacial score (nSPS) is 17.7. The summed E-state index contributed by atoms with van der Waals surface area (Å²) >= 11 is 0. The molecule has 1 fully saturated rings. The van der Waals surface area contributed by atoms with E-state index >= 15 is 0 Å². The van der Waals surface area contributed by atoms with Gasteiger partial charge in [0.2, 0.25) is 0 Å². The number of aliphatic hydroxyl groups is 1. The Kier molecular flexibility index (Phi) is 6.18. The molecule has 2 aromatic carbocycles. The second kappa shape index (κ2) is 9.00. The Hall–Kier alpha value is -2.67. The van der Waals surface area contributed by atoms with Gasteiger partial charge in [0.25, 0.3) is 0 Å². The van der Waals surface area contributed by atoms with Gasteiger partial charge < -0.3 is 19.7 Å². The van der Waals surface area contributed by atoms with Gasteiger partial charge in [0.1, 0.15) is 11.9 Å². The standard InChI is InChI=1S/C24H29N3O3/c1-3-26-12-14-27(15-13-26)22(17-8-10-18(30-2)11-9-17)24(29)23(28)20-16-25-21-7-5-4-6-19(20)21/h4-11,16,22,24-25,29H,3,12-15H2,1-2H3/t22-,24+/m0/s1. The highest BCUT2D eigenvalue weighted by molar-refractivity contribution is 6.10. The molecule has 4 rings (SSSR count). The third-order valence-electron chi connectivity index (χ3n) is 6.13. The van der Waals surface area contributed by atoms with Crippen molar-refractivity contribution in [1.29, 1.82) is 0 Å². The van der Waals surface area contributed by atoms with Crippen molar-refractivity contribution >= 4 is 16.7 Å². The van der Waals surface area contributed by atoms with E-state index in [9.17, 15) is 9.90 Å². The fourth-order valence-electron chi connectivity index (χ4n) is 4.33. The molecule has 3 aromatic rings. The van der Waals surface area contributed by atoms with E-state index in [1.165, 1.54) is 0 Å². The lowest BCUT2D eigenvalue weighted by Gasteiger charge is -2.40. The molecule has 0 spiro atoms. The predicted octanol–water partition coefficient (Wildman–Crippen LogP) is 3.10. The lowest BCUT2D eigenvalue weighted by molar-refractivity contribution is 0.0199. The van der Waals surface area contributed by atoms with E-state index in [1.807, 2.05) is 48.5 Å². The van der Waals surface area contributed by atoms with Crippen LogP contribution in [-0.2, 0) is 0 Å². The van der Waals surface area contributed by atoms with Crippen LogP contribution in [0.4, 0.5) is 0 Å². The Morgan fingerprint density at radius 1 is 1.10 bits per heavy atom. The highest BCUT2D eigenvalue weighted by Crippen LogP contribution is 2.30. The summed E-state index contributed by atoms with van der Waals surface area (Å²) in [5.74, 6) is 0.497. The van der Waals surface area contributed by atoms with Gasteiger partial charge in [-0.1, -0.05) is 37.3 Å². The zero-order chi connectivity index (χ0) is 21.1. The number of carbonyl (C=O) groups excluding carboxylic acids is 1. The van der Waals surface area contributed by atoms with Crippen LogP contribution in [0.2, 0.25) is 0 Å². The SMILES string of the molecule is CCN1CCN([C@@H](c2ccc(OC)cc2)[C@@H](O)C(=O)c2c[nH]c3ccccc23)CC1. The number of para-hydroxylation sites is 1. The summed E-state index contributed by atoms with van der Waals surface area (Å²) in [4.78, 5) is 21.1. The number of ether oxygens (including phenoxy) is 1. The molecule has 6 heteroatoms. The summed E-state index contributed by atoms with van der Waals surface area (Å²) in [7, 11) is 1.63. The molecule has 0 radical (unpaired) electrons. The van der Waals surface area contributed by atoms with Crippen molar-refractivity contribution in [3.05, 3.63) is 65.9 Å². The number of likely N-dealkylation sites (N-methyl/N-ethyl adjacent to an activating group) is 1. The minimum Gasteiger partial charge on any atom is -0.497 e. The number of aromatic nitrogens is 1. The van der Waals surface area contributed by atoms with E-state index in [2.05, 4.69) is 21.7 Å². The van der Waals surface area contributed by atoms with Crippen LogP contribution in [-0.4, -0.2) is 71.6 Å². The molecule has 0 bridgehead atoms. The minimum atomic E-state index is -1.16. The number of carbonyl (C=O) groups is 1. The molecular formula is C24H29N3O3. The first-order chi connectivity index (χ1) is 14.6. The first kappa shape index (κ1) is 20.6. The van der Waals surface area contributed by atoms with Crippen molar-refractivity contribution in [2.45, 2.75) is 19.1 Å². The molecule has 0 unspecified atom stereocenters. The Bertz CT molecular complexity index is 990. The van der Waals surface area contributed by atoms with Crippen LogP contribution in [0.5, 0.6) is 5.75 Å². The van der Waals surface area contributed by atoms with E-state index in [0.717, 1.165) is 54.9 Å². The summed E-state index contributed by atoms with van der Waals surface area (Å²) < 4.78 is 5.28. The number of aliphatic hydroxyl groups excluding tert-OH is 1. The van der Waals surface area contributed by atoms with Gasteiger partial charge >= 0.3 is 0 Å². The molecule has 1 aromatic heterocycles. The van der Waals surface area contributed by atoms with Gasteiger partial charge in [0, 0.05) is 48.8 Å². The van der Waals surface area contributed by atoms with Gasteiger partial charge in [-0.2, -0.15) is 0 Å². The number of methoxy groups -OCH3 is 1. The number of benzene rings is 2. The molecule has 1 saturated heterocycles. The van der Waals surface area contributed by atoms with E-state index in [4.69, 9.17) is 4.74 Å². The monoisotopic (exact) mass is 407 g/mol. The van der Waals surface area contributed by atoms with Crippen LogP contribution in [0, 0.1) is 0 Å². The van der Waals surface area contributed by atoms with E-state index < -0.39 is 12.1 Å². The van der Waals surface area contributed by atoms with Crippen molar-refractivity contribution in [2.24, 2.45) is 0 Å². The highest BCUT2D eigenvalue weighted by Gasteiger charge is 2.35. The summed E-state index contributed by atoms with van der Waals surface area (Å²) in [6, 6.07) is 14.9. The zero-order valence-corrected chi connectivity index (χ0v) is 17.5. The quantitative estimate of drug-likeness (QED) is 0.589. The van der Waals surface area contributed by atoms with Crippen LogP contribution in [0.25, 0.3) is 10.9 Å². The van der Waals surface area contributed by atoms with Crippen LogP contribution in [0.15, 0.2) is 54.7 Å². The van der Waals surface area contributed by atoms with Gasteiger partial charge in [-0.25, -0.2) is 0 Å². The summed E-state index contributed by atoms with van der Waals surface area (Å²) in [5, 5.41) is 12.2. The topological polar surface area (TPSA) is 68.8 Å². The maximum absolute atomic E-state index is 13.4. The largest absolute Gasteiger partial charge is 0.497 e. The average Bonchev–Trinajstić information content (AvgIpc) is 3.24. The molecule has 1 aliphatic heterocycles. The molecule has 0 amide bonds. The van der Waals surface area contributed by atoms with Crippen molar-refractivity contribution in [3.8, 4) is 5.75 Å². The van der Waals surface area contributed by atoms with Gasteiger partial charge in [0.15, 0.2) is 5.78 Å². The number of H-pyrrole nitrogens is 1. The van der Waals surface area contributed by atoms with E-state index in [1.54, 1.807) is 13.3 Å². The highest BCUT2D eigenvalue weighted by atomic mass is 16.5. The molecule has 2 N–H and O–H groups in total. The summed E-state index contributed by atoms with van der Waals surface area (Å²) in [5.41, 5.74) is 2.34. The molecule has 158 valence electrons. The van der Waals surface area contributed by atoms with Crippen LogP contribution >= 0.6 is 0 Å². The number of hydrogen-bond acceptors (Lipinski definition) is 5. The Morgan fingerprint density at radius 2 is 1.80 bits per heavy atom. The number of aromatic amines is 1. The molecular weight excluding hydrogens is 378 g/mol. The number of hydrogen-bond donors (Lipinski definition) is 2. The first-order valence-corrected chi connectivity index (χ1v) is 10.5. The fraction of sp³-hybridized carbons (Fsp3) is 0.375. The molecule has 1 aliphatic rings. The number of ketones is 1. The maximum atomic E-state index is 13.4. The van der Waals surface area contributed by atoms with E-state index in [0.29, 0.717) is 5.56 Å². The van der Waals surface area contributed by atoms with Crippen LogP contribution in [0.3, 0.4) is 0 Å². The Morgan fingerprint density at radius 3 is 2.47 bits per heavy atom. The number of nitrogens with zero attached hydrogens (tertiary/aromatic N) is 2. The van der Waals surface area contributed by atoms with Crippen LogP contribution < -0.4 is 4.74 Å². The Labute approximate surface area is 177 Å². The number of piperazine rings is 1. The fourth-order valence-corrected chi connectivity index (χ4v) is 4.33. The third-order valence-corrected chi connectivity index (χ3v) is 6.13. The van der Waals surface area contributed by atoms with Gasteiger partial charge in [-0.3, -0.25) is 9.69 Å². The number of Topliss-reactive ketones (excluding diaryl/α,β-unsaturated/α-hetero) is 1. The molecule has 0 aliphatic carbocycles.